The van der Waals surface area contributed by atoms with E-state index in [1.165, 1.54) is 73.9 Å². The standard InChI is InChI=1S/C33H38N4/c1-7-21-18(4)27-15-32-24-12-10-11-13-25(24)33(37-32)16-28-20(6)23(9-3)31(36-28)17-30-22(8-2)19(5)26(35-30)14-29(21)34-27/h14-17,35-36H,7-13H2,1-6H3. The number of aromatic nitrogens is 4. The molecule has 37 heavy (non-hydrogen) atoms. The third-order valence-electron chi connectivity index (χ3n) is 8.80. The van der Waals surface area contributed by atoms with E-state index in [9.17, 15) is 0 Å². The number of nitrogens with zero attached hydrogens (tertiary/aromatic N) is 2. The Hall–Kier alpha value is -3.40. The molecule has 3 aliphatic rings. The number of nitrogens with one attached hydrogen (secondary N) is 2. The molecule has 8 bridgehead atoms. The third kappa shape index (κ3) is 3.80. The monoisotopic (exact) mass is 490 g/mol. The number of H-pyrrole nitrogens is 2. The van der Waals surface area contributed by atoms with E-state index in [-0.39, 0.29) is 0 Å². The lowest BCUT2D eigenvalue weighted by molar-refractivity contribution is 0.756. The normalized spacial score (nSPS) is 15.5. The molecule has 6 rings (SSSR count). The van der Waals surface area contributed by atoms with E-state index in [0.29, 0.717) is 0 Å². The van der Waals surface area contributed by atoms with E-state index >= 15 is 0 Å². The quantitative estimate of drug-likeness (QED) is 0.385. The van der Waals surface area contributed by atoms with Gasteiger partial charge in [0.2, 0.25) is 0 Å². The first kappa shape index (κ1) is 24.0. The van der Waals surface area contributed by atoms with Crippen LogP contribution in [0.3, 0.4) is 0 Å². The van der Waals surface area contributed by atoms with Crippen LogP contribution >= 0.6 is 0 Å². The van der Waals surface area contributed by atoms with E-state index < -0.39 is 0 Å². The Kier molecular flexibility index (Phi) is 5.94. The molecule has 3 aromatic rings. The summed E-state index contributed by atoms with van der Waals surface area (Å²) in [5.74, 6) is 0. The molecule has 4 nitrogen and oxygen atoms in total. The van der Waals surface area contributed by atoms with Gasteiger partial charge in [-0.1, -0.05) is 20.8 Å². The van der Waals surface area contributed by atoms with Crippen LogP contribution < -0.4 is 0 Å². The molecular weight excluding hydrogens is 452 g/mol. The van der Waals surface area contributed by atoms with Crippen molar-refractivity contribution in [3.8, 4) is 0 Å². The number of fused-ring (bicyclic) bond motifs is 10. The van der Waals surface area contributed by atoms with Crippen LogP contribution in [-0.2, 0) is 12.8 Å². The van der Waals surface area contributed by atoms with Crippen LogP contribution in [0.1, 0.15) is 105 Å². The van der Waals surface area contributed by atoms with Crippen molar-refractivity contribution in [3.05, 3.63) is 69.3 Å². The summed E-state index contributed by atoms with van der Waals surface area (Å²) in [4.78, 5) is 18.0. The molecule has 2 aliphatic heterocycles. The van der Waals surface area contributed by atoms with E-state index in [1.54, 1.807) is 0 Å². The summed E-state index contributed by atoms with van der Waals surface area (Å²) in [6.07, 6.45) is 7.64. The largest absolute Gasteiger partial charge is 0.355 e. The van der Waals surface area contributed by atoms with Crippen LogP contribution in [-0.4, -0.2) is 19.9 Å². The molecule has 0 saturated heterocycles. The van der Waals surface area contributed by atoms with Crippen molar-refractivity contribution in [1.82, 2.24) is 19.9 Å². The SMILES string of the molecule is CCC1=C(C)c2cc3nc(cc4[nH]c(cc5[nH]c(cc1n2)c(C)c5CC)c(CC)c4C)C1=C3CCCC1. The van der Waals surface area contributed by atoms with Crippen LogP contribution in [0, 0.1) is 13.8 Å². The number of hydrogen-bond donors (Lipinski definition) is 2. The van der Waals surface area contributed by atoms with Gasteiger partial charge < -0.3 is 9.97 Å². The topological polar surface area (TPSA) is 57.4 Å². The highest BCUT2D eigenvalue weighted by Gasteiger charge is 2.24. The van der Waals surface area contributed by atoms with Crippen molar-refractivity contribution in [2.75, 3.05) is 0 Å². The van der Waals surface area contributed by atoms with Gasteiger partial charge in [-0.15, -0.1) is 0 Å². The predicted octanol–water partition coefficient (Wildman–Crippen LogP) is 8.88. The highest BCUT2D eigenvalue weighted by atomic mass is 14.8. The fourth-order valence-electron chi connectivity index (χ4n) is 6.66. The van der Waals surface area contributed by atoms with Gasteiger partial charge in [0.15, 0.2) is 0 Å². The van der Waals surface area contributed by atoms with E-state index in [4.69, 9.17) is 9.97 Å². The van der Waals surface area contributed by atoms with Gasteiger partial charge in [0, 0.05) is 22.1 Å². The molecule has 0 spiro atoms. The Labute approximate surface area is 220 Å². The zero-order valence-electron chi connectivity index (χ0n) is 23.2. The molecule has 0 fully saturated rings. The highest BCUT2D eigenvalue weighted by molar-refractivity contribution is 5.96. The summed E-state index contributed by atoms with van der Waals surface area (Å²) in [5, 5.41) is 0. The Balaban J connectivity index is 1.79. The minimum atomic E-state index is 0.966. The predicted molar refractivity (Wildman–Crippen MR) is 157 cm³/mol. The van der Waals surface area contributed by atoms with Crippen LogP contribution in [0.4, 0.5) is 0 Å². The van der Waals surface area contributed by atoms with E-state index in [0.717, 1.165) is 60.4 Å². The summed E-state index contributed by atoms with van der Waals surface area (Å²) < 4.78 is 0. The van der Waals surface area contributed by atoms with Crippen molar-refractivity contribution < 1.29 is 0 Å². The van der Waals surface area contributed by atoms with Crippen molar-refractivity contribution >= 4 is 44.4 Å². The van der Waals surface area contributed by atoms with E-state index in [2.05, 4.69) is 75.8 Å². The molecule has 0 radical (unpaired) electrons. The first-order chi connectivity index (χ1) is 17.9. The molecule has 3 aromatic heterocycles. The second-order valence-electron chi connectivity index (χ2n) is 10.8. The molecule has 190 valence electrons. The number of hydrogen-bond acceptors (Lipinski definition) is 2. The fraction of sp³-hybridized carbons (Fsp3) is 0.394. The molecule has 0 aromatic carbocycles. The van der Waals surface area contributed by atoms with Gasteiger partial charge in [-0.25, -0.2) is 9.97 Å². The summed E-state index contributed by atoms with van der Waals surface area (Å²) in [6.45, 7) is 13.4. The third-order valence-corrected chi connectivity index (χ3v) is 8.80. The van der Waals surface area contributed by atoms with Gasteiger partial charge in [-0.3, -0.25) is 0 Å². The van der Waals surface area contributed by atoms with Gasteiger partial charge in [-0.05, 0) is 135 Å². The maximum atomic E-state index is 5.24. The summed E-state index contributed by atoms with van der Waals surface area (Å²) >= 11 is 0. The molecule has 0 saturated carbocycles. The summed E-state index contributed by atoms with van der Waals surface area (Å²) in [5.41, 5.74) is 20.0. The van der Waals surface area contributed by atoms with Crippen molar-refractivity contribution in [1.29, 1.82) is 0 Å². The lowest BCUT2D eigenvalue weighted by Gasteiger charge is -2.13. The fourth-order valence-corrected chi connectivity index (χ4v) is 6.66. The lowest BCUT2D eigenvalue weighted by Crippen LogP contribution is -1.93. The molecule has 0 atom stereocenters. The van der Waals surface area contributed by atoms with Crippen molar-refractivity contribution in [3.63, 3.8) is 0 Å². The van der Waals surface area contributed by atoms with Gasteiger partial charge in [0.25, 0.3) is 0 Å². The smallest absolute Gasteiger partial charge is 0.0694 e. The van der Waals surface area contributed by atoms with E-state index in [1.807, 2.05) is 0 Å². The minimum absolute atomic E-state index is 0.966. The number of aromatic amines is 2. The second-order valence-corrected chi connectivity index (χ2v) is 10.8. The maximum absolute atomic E-state index is 5.24. The van der Waals surface area contributed by atoms with Crippen LogP contribution in [0.5, 0.6) is 0 Å². The number of aryl methyl sites for hydroxylation is 4. The van der Waals surface area contributed by atoms with Gasteiger partial charge in [-0.2, -0.15) is 0 Å². The molecule has 0 unspecified atom stereocenters. The van der Waals surface area contributed by atoms with Gasteiger partial charge in [0.05, 0.1) is 22.8 Å². The highest BCUT2D eigenvalue weighted by Crippen LogP contribution is 2.42. The average molecular weight is 491 g/mol. The first-order valence-electron chi connectivity index (χ1n) is 14.1. The Morgan fingerprint density at radius 3 is 1.65 bits per heavy atom. The summed E-state index contributed by atoms with van der Waals surface area (Å²) in [6, 6.07) is 9.14. The number of allylic oxidation sites excluding steroid dienone is 4. The molecule has 2 N–H and O–H groups in total. The average Bonchev–Trinajstić information content (AvgIpc) is 3.57. The lowest BCUT2D eigenvalue weighted by atomic mass is 9.90. The van der Waals surface area contributed by atoms with Crippen LogP contribution in [0.15, 0.2) is 24.3 Å². The Bertz CT molecular complexity index is 1660. The second kappa shape index (κ2) is 9.16. The molecule has 5 heterocycles. The first-order valence-corrected chi connectivity index (χ1v) is 14.1. The van der Waals surface area contributed by atoms with Crippen molar-refractivity contribution in [2.45, 2.75) is 86.5 Å². The zero-order chi connectivity index (χ0) is 25.8. The molecule has 4 heteroatoms. The van der Waals surface area contributed by atoms with Gasteiger partial charge in [0.1, 0.15) is 0 Å². The maximum Gasteiger partial charge on any atom is 0.0694 e. The van der Waals surface area contributed by atoms with Crippen molar-refractivity contribution in [2.24, 2.45) is 0 Å². The van der Waals surface area contributed by atoms with Crippen LogP contribution in [0.25, 0.3) is 44.4 Å². The Morgan fingerprint density at radius 1 is 0.595 bits per heavy atom. The Morgan fingerprint density at radius 2 is 1.11 bits per heavy atom. The summed E-state index contributed by atoms with van der Waals surface area (Å²) in [7, 11) is 0. The minimum Gasteiger partial charge on any atom is -0.355 e. The molecular formula is C33H38N4. The molecule has 0 amide bonds. The van der Waals surface area contributed by atoms with Gasteiger partial charge >= 0.3 is 0 Å². The zero-order valence-corrected chi connectivity index (χ0v) is 23.2. The van der Waals surface area contributed by atoms with Crippen LogP contribution in [0.2, 0.25) is 0 Å². The number of rotatable bonds is 3. The molecule has 1 aliphatic carbocycles.